The van der Waals surface area contributed by atoms with Gasteiger partial charge in [-0.3, -0.25) is 10.1 Å². The molecule has 2 heterocycles. The first-order valence-electron chi connectivity index (χ1n) is 5.71. The van der Waals surface area contributed by atoms with Crippen molar-refractivity contribution in [3.63, 3.8) is 0 Å². The van der Waals surface area contributed by atoms with Crippen LogP contribution in [0.4, 0.5) is 11.5 Å². The van der Waals surface area contributed by atoms with Crippen LogP contribution in [-0.4, -0.2) is 34.2 Å². The SMILES string of the molecule is O=[N+]([O-])c1cccnc1N1CCCCC1CO. The van der Waals surface area contributed by atoms with Crippen molar-refractivity contribution in [2.24, 2.45) is 0 Å². The van der Waals surface area contributed by atoms with Crippen LogP contribution in [-0.2, 0) is 0 Å². The van der Waals surface area contributed by atoms with E-state index in [-0.39, 0.29) is 18.3 Å². The molecule has 0 radical (unpaired) electrons. The fraction of sp³-hybridized carbons (Fsp3) is 0.545. The third-order valence-electron chi connectivity index (χ3n) is 3.07. The summed E-state index contributed by atoms with van der Waals surface area (Å²) in [6.07, 6.45) is 4.42. The van der Waals surface area contributed by atoms with Crippen molar-refractivity contribution in [2.45, 2.75) is 25.3 Å². The zero-order valence-electron chi connectivity index (χ0n) is 9.45. The van der Waals surface area contributed by atoms with Crippen molar-refractivity contribution in [1.82, 2.24) is 4.98 Å². The second-order valence-electron chi connectivity index (χ2n) is 4.13. The molecule has 1 N–H and O–H groups in total. The lowest BCUT2D eigenvalue weighted by Crippen LogP contribution is -2.42. The van der Waals surface area contributed by atoms with Crippen LogP contribution in [0.15, 0.2) is 18.3 Å². The van der Waals surface area contributed by atoms with Crippen molar-refractivity contribution in [3.8, 4) is 0 Å². The van der Waals surface area contributed by atoms with Crippen LogP contribution in [0.5, 0.6) is 0 Å². The molecular formula is C11H15N3O3. The highest BCUT2D eigenvalue weighted by molar-refractivity contribution is 5.58. The van der Waals surface area contributed by atoms with E-state index in [2.05, 4.69) is 4.98 Å². The standard InChI is InChI=1S/C11H15N3O3/c15-8-9-4-1-2-7-13(9)11-10(14(16)17)5-3-6-12-11/h3,5-6,9,15H,1-2,4,7-8H2. The largest absolute Gasteiger partial charge is 0.394 e. The summed E-state index contributed by atoms with van der Waals surface area (Å²) in [6.45, 7) is 0.719. The minimum Gasteiger partial charge on any atom is -0.394 e. The number of rotatable bonds is 3. The molecule has 1 atom stereocenters. The molecule has 1 aliphatic heterocycles. The Labute approximate surface area is 99.0 Å². The van der Waals surface area contributed by atoms with Crippen LogP contribution in [0.25, 0.3) is 0 Å². The van der Waals surface area contributed by atoms with E-state index in [4.69, 9.17) is 0 Å². The number of nitrogens with zero attached hydrogens (tertiary/aromatic N) is 3. The summed E-state index contributed by atoms with van der Waals surface area (Å²) < 4.78 is 0. The molecule has 92 valence electrons. The van der Waals surface area contributed by atoms with E-state index in [0.29, 0.717) is 12.4 Å². The Bertz CT molecular complexity index is 411. The van der Waals surface area contributed by atoms with E-state index in [1.165, 1.54) is 6.07 Å². The van der Waals surface area contributed by atoms with Crippen molar-refractivity contribution in [2.75, 3.05) is 18.1 Å². The molecule has 0 aromatic carbocycles. The first-order chi connectivity index (χ1) is 8.24. The maximum atomic E-state index is 10.9. The predicted octanol–water partition coefficient (Wildman–Crippen LogP) is 1.34. The van der Waals surface area contributed by atoms with Gasteiger partial charge in [0, 0.05) is 18.8 Å². The Hall–Kier alpha value is -1.69. The number of aliphatic hydroxyl groups excluding tert-OH is 1. The second kappa shape index (κ2) is 5.09. The smallest absolute Gasteiger partial charge is 0.311 e. The van der Waals surface area contributed by atoms with E-state index < -0.39 is 4.92 Å². The van der Waals surface area contributed by atoms with Gasteiger partial charge < -0.3 is 10.0 Å². The number of aliphatic hydroxyl groups is 1. The maximum absolute atomic E-state index is 10.9. The fourth-order valence-electron chi connectivity index (χ4n) is 2.22. The van der Waals surface area contributed by atoms with Gasteiger partial charge in [-0.2, -0.15) is 0 Å². The summed E-state index contributed by atoms with van der Waals surface area (Å²) in [6, 6.07) is 2.95. The van der Waals surface area contributed by atoms with Gasteiger partial charge in [-0.25, -0.2) is 4.98 Å². The molecule has 0 amide bonds. The molecule has 2 rings (SSSR count). The van der Waals surface area contributed by atoms with Gasteiger partial charge >= 0.3 is 5.69 Å². The van der Waals surface area contributed by atoms with Gasteiger partial charge in [0.25, 0.3) is 0 Å². The first-order valence-corrected chi connectivity index (χ1v) is 5.71. The quantitative estimate of drug-likeness (QED) is 0.634. The molecule has 0 aliphatic carbocycles. The van der Waals surface area contributed by atoms with Gasteiger partial charge in [0.1, 0.15) is 0 Å². The molecule has 6 nitrogen and oxygen atoms in total. The van der Waals surface area contributed by atoms with Crippen molar-refractivity contribution < 1.29 is 10.0 Å². The Morgan fingerprint density at radius 3 is 3.12 bits per heavy atom. The molecule has 1 unspecified atom stereocenters. The van der Waals surface area contributed by atoms with Crippen molar-refractivity contribution in [3.05, 3.63) is 28.4 Å². The van der Waals surface area contributed by atoms with Crippen LogP contribution < -0.4 is 4.90 Å². The van der Waals surface area contributed by atoms with Gasteiger partial charge in [-0.05, 0) is 25.3 Å². The van der Waals surface area contributed by atoms with Crippen LogP contribution >= 0.6 is 0 Å². The van der Waals surface area contributed by atoms with Crippen LogP contribution in [0, 0.1) is 10.1 Å². The molecule has 0 spiro atoms. The third kappa shape index (κ3) is 2.36. The molecule has 1 aromatic rings. The molecule has 1 aromatic heterocycles. The minimum atomic E-state index is -0.425. The number of nitro groups is 1. The lowest BCUT2D eigenvalue weighted by molar-refractivity contribution is -0.384. The topological polar surface area (TPSA) is 79.5 Å². The number of aromatic nitrogens is 1. The number of hydrogen-bond acceptors (Lipinski definition) is 5. The Morgan fingerprint density at radius 1 is 1.59 bits per heavy atom. The highest BCUT2D eigenvalue weighted by Gasteiger charge is 2.28. The van der Waals surface area contributed by atoms with Gasteiger partial charge in [-0.15, -0.1) is 0 Å². The normalized spacial score (nSPS) is 20.3. The Morgan fingerprint density at radius 2 is 2.41 bits per heavy atom. The average Bonchev–Trinajstić information content (AvgIpc) is 2.38. The van der Waals surface area contributed by atoms with E-state index in [1.54, 1.807) is 12.3 Å². The Balaban J connectivity index is 2.34. The van der Waals surface area contributed by atoms with Gasteiger partial charge in [-0.1, -0.05) is 0 Å². The monoisotopic (exact) mass is 237 g/mol. The fourth-order valence-corrected chi connectivity index (χ4v) is 2.22. The highest BCUT2D eigenvalue weighted by atomic mass is 16.6. The maximum Gasteiger partial charge on any atom is 0.311 e. The minimum absolute atomic E-state index is 0.00727. The van der Waals surface area contributed by atoms with Crippen molar-refractivity contribution in [1.29, 1.82) is 0 Å². The zero-order chi connectivity index (χ0) is 12.3. The van der Waals surface area contributed by atoms with Crippen molar-refractivity contribution >= 4 is 11.5 Å². The third-order valence-corrected chi connectivity index (χ3v) is 3.07. The summed E-state index contributed by atoms with van der Waals surface area (Å²) in [5, 5.41) is 20.2. The predicted molar refractivity (Wildman–Crippen MR) is 63.0 cm³/mol. The number of hydrogen-bond donors (Lipinski definition) is 1. The van der Waals surface area contributed by atoms with Gasteiger partial charge in [0.2, 0.25) is 5.82 Å². The van der Waals surface area contributed by atoms with Crippen LogP contribution in [0.3, 0.4) is 0 Å². The highest BCUT2D eigenvalue weighted by Crippen LogP contribution is 2.30. The molecular weight excluding hydrogens is 222 g/mol. The second-order valence-corrected chi connectivity index (χ2v) is 4.13. The van der Waals surface area contributed by atoms with Gasteiger partial charge in [0.15, 0.2) is 0 Å². The Kier molecular flexibility index (Phi) is 3.53. The zero-order valence-corrected chi connectivity index (χ0v) is 9.45. The molecule has 0 bridgehead atoms. The number of anilines is 1. The molecule has 0 saturated carbocycles. The molecule has 1 saturated heterocycles. The van der Waals surface area contributed by atoms with Crippen LogP contribution in [0.2, 0.25) is 0 Å². The summed E-state index contributed by atoms with van der Waals surface area (Å²) in [7, 11) is 0. The van der Waals surface area contributed by atoms with E-state index >= 15 is 0 Å². The molecule has 1 fully saturated rings. The van der Waals surface area contributed by atoms with E-state index in [9.17, 15) is 15.2 Å². The molecule has 1 aliphatic rings. The summed E-state index contributed by atoms with van der Waals surface area (Å²) in [5.41, 5.74) is 0.00727. The van der Waals surface area contributed by atoms with E-state index in [0.717, 1.165) is 19.3 Å². The lowest BCUT2D eigenvalue weighted by Gasteiger charge is -2.34. The first kappa shape index (κ1) is 11.8. The van der Waals surface area contributed by atoms with E-state index in [1.807, 2.05) is 4.90 Å². The summed E-state index contributed by atoms with van der Waals surface area (Å²) >= 11 is 0. The average molecular weight is 237 g/mol. The summed E-state index contributed by atoms with van der Waals surface area (Å²) in [4.78, 5) is 16.5. The molecule has 6 heteroatoms. The lowest BCUT2D eigenvalue weighted by atomic mass is 10.0. The number of pyridine rings is 1. The molecule has 17 heavy (non-hydrogen) atoms. The van der Waals surface area contributed by atoms with Crippen LogP contribution in [0.1, 0.15) is 19.3 Å². The van der Waals surface area contributed by atoms with Gasteiger partial charge in [0.05, 0.1) is 17.6 Å². The summed E-state index contributed by atoms with van der Waals surface area (Å²) in [5.74, 6) is 0.372. The number of piperidine rings is 1.